The van der Waals surface area contributed by atoms with Crippen LogP contribution >= 0.6 is 0 Å². The largest absolute Gasteiger partial charge is 0.497 e. The van der Waals surface area contributed by atoms with Crippen LogP contribution in [0.25, 0.3) is 11.6 Å². The van der Waals surface area contributed by atoms with Crippen molar-refractivity contribution in [2.45, 2.75) is 20.0 Å². The molecule has 0 bridgehead atoms. The van der Waals surface area contributed by atoms with E-state index in [1.165, 1.54) is 0 Å². The Labute approximate surface area is 136 Å². The fourth-order valence-electron chi connectivity index (χ4n) is 2.14. The van der Waals surface area contributed by atoms with E-state index in [1.807, 2.05) is 38.1 Å². The molecule has 2 rings (SSSR count). The molecule has 23 heavy (non-hydrogen) atoms. The monoisotopic (exact) mass is 312 g/mol. The van der Waals surface area contributed by atoms with Crippen molar-refractivity contribution in [2.24, 2.45) is 0 Å². The number of methoxy groups -OCH3 is 1. The minimum absolute atomic E-state index is 0.0998. The van der Waals surface area contributed by atoms with E-state index in [2.05, 4.69) is 0 Å². The summed E-state index contributed by atoms with van der Waals surface area (Å²) in [6.07, 6.45) is 1.73. The topological polar surface area (TPSA) is 55.8 Å². The summed E-state index contributed by atoms with van der Waals surface area (Å²) in [6.45, 7) is 3.91. The zero-order valence-electron chi connectivity index (χ0n) is 13.4. The number of aliphatic carboxylic acids is 1. The van der Waals surface area contributed by atoms with Crippen molar-refractivity contribution in [3.05, 3.63) is 59.7 Å². The Kier molecular flexibility index (Phi) is 5.41. The van der Waals surface area contributed by atoms with Gasteiger partial charge in [0.15, 0.2) is 0 Å². The van der Waals surface area contributed by atoms with E-state index in [0.717, 1.165) is 11.3 Å². The predicted molar refractivity (Wildman–Crippen MR) is 90.7 cm³/mol. The van der Waals surface area contributed by atoms with Gasteiger partial charge < -0.3 is 14.6 Å². The summed E-state index contributed by atoms with van der Waals surface area (Å²) >= 11 is 0. The molecule has 0 radical (unpaired) electrons. The molecule has 0 aliphatic heterocycles. The van der Waals surface area contributed by atoms with Gasteiger partial charge >= 0.3 is 5.97 Å². The number of ether oxygens (including phenoxy) is 2. The summed E-state index contributed by atoms with van der Waals surface area (Å²) < 4.78 is 10.7. The summed E-state index contributed by atoms with van der Waals surface area (Å²) in [5.74, 6) is 0.395. The minimum Gasteiger partial charge on any atom is -0.497 e. The molecular weight excluding hydrogens is 292 g/mol. The molecule has 4 nitrogen and oxygen atoms in total. The Morgan fingerprint density at radius 1 is 1.09 bits per heavy atom. The lowest BCUT2D eigenvalue weighted by molar-refractivity contribution is -0.130. The molecule has 2 aromatic carbocycles. The van der Waals surface area contributed by atoms with E-state index in [1.54, 1.807) is 37.5 Å². The lowest BCUT2D eigenvalue weighted by Gasteiger charge is -2.10. The van der Waals surface area contributed by atoms with Gasteiger partial charge in [0.05, 0.1) is 18.8 Å². The molecule has 0 unspecified atom stereocenters. The van der Waals surface area contributed by atoms with Gasteiger partial charge in [0.2, 0.25) is 0 Å². The van der Waals surface area contributed by atoms with E-state index in [0.29, 0.717) is 11.3 Å². The maximum Gasteiger partial charge on any atom is 0.336 e. The lowest BCUT2D eigenvalue weighted by atomic mass is 10.0. The van der Waals surface area contributed by atoms with Crippen molar-refractivity contribution in [3.63, 3.8) is 0 Å². The third kappa shape index (κ3) is 4.61. The van der Waals surface area contributed by atoms with Crippen LogP contribution < -0.4 is 9.47 Å². The number of carboxylic acids is 1. The van der Waals surface area contributed by atoms with Gasteiger partial charge in [-0.15, -0.1) is 0 Å². The third-order valence-electron chi connectivity index (χ3n) is 3.17. The molecule has 120 valence electrons. The van der Waals surface area contributed by atoms with Crippen LogP contribution in [0.5, 0.6) is 11.5 Å². The minimum atomic E-state index is -0.985. The molecule has 0 aromatic heterocycles. The molecule has 2 aromatic rings. The maximum atomic E-state index is 11.6. The van der Waals surface area contributed by atoms with Gasteiger partial charge in [0, 0.05) is 0 Å². The normalized spacial score (nSPS) is 11.4. The van der Waals surface area contributed by atoms with Crippen molar-refractivity contribution >= 4 is 17.6 Å². The highest BCUT2D eigenvalue weighted by Crippen LogP contribution is 2.24. The third-order valence-corrected chi connectivity index (χ3v) is 3.17. The Morgan fingerprint density at radius 3 is 2.35 bits per heavy atom. The van der Waals surface area contributed by atoms with Crippen LogP contribution in [0.2, 0.25) is 0 Å². The quantitative estimate of drug-likeness (QED) is 0.644. The van der Waals surface area contributed by atoms with Gasteiger partial charge in [-0.3, -0.25) is 0 Å². The fourth-order valence-corrected chi connectivity index (χ4v) is 2.14. The molecule has 0 aliphatic carbocycles. The highest BCUT2D eigenvalue weighted by molar-refractivity contribution is 6.20. The van der Waals surface area contributed by atoms with Gasteiger partial charge in [-0.2, -0.15) is 0 Å². The summed E-state index contributed by atoms with van der Waals surface area (Å²) in [5.41, 5.74) is 1.60. The first-order valence-electron chi connectivity index (χ1n) is 7.35. The zero-order valence-corrected chi connectivity index (χ0v) is 13.4. The second-order valence-corrected chi connectivity index (χ2v) is 5.33. The van der Waals surface area contributed by atoms with E-state index in [-0.39, 0.29) is 11.7 Å². The van der Waals surface area contributed by atoms with Crippen LogP contribution in [-0.2, 0) is 4.79 Å². The van der Waals surface area contributed by atoms with Gasteiger partial charge in [-0.1, -0.05) is 24.3 Å². The summed E-state index contributed by atoms with van der Waals surface area (Å²) in [7, 11) is 1.55. The van der Waals surface area contributed by atoms with Crippen molar-refractivity contribution in [1.29, 1.82) is 0 Å². The average Bonchev–Trinajstić information content (AvgIpc) is 2.53. The number of hydrogen-bond acceptors (Lipinski definition) is 3. The van der Waals surface area contributed by atoms with Crippen molar-refractivity contribution < 1.29 is 19.4 Å². The maximum absolute atomic E-state index is 11.6. The van der Waals surface area contributed by atoms with Crippen molar-refractivity contribution in [2.75, 3.05) is 7.11 Å². The molecule has 0 heterocycles. The first-order chi connectivity index (χ1) is 11.0. The lowest BCUT2D eigenvalue weighted by Crippen LogP contribution is -2.05. The molecular formula is C19H20O4. The molecule has 1 N–H and O–H groups in total. The molecule has 4 heteroatoms. The van der Waals surface area contributed by atoms with Gasteiger partial charge in [-0.05, 0) is 55.3 Å². The van der Waals surface area contributed by atoms with E-state index < -0.39 is 5.97 Å². The average molecular weight is 312 g/mol. The number of benzene rings is 2. The number of hydrogen-bond donors (Lipinski definition) is 1. The van der Waals surface area contributed by atoms with E-state index in [9.17, 15) is 9.90 Å². The number of carboxylic acid groups (broad SMARTS) is 1. The number of rotatable bonds is 6. The predicted octanol–water partition coefficient (Wildman–Crippen LogP) is 4.11. The summed E-state index contributed by atoms with van der Waals surface area (Å²) in [6, 6.07) is 14.3. The van der Waals surface area contributed by atoms with Crippen molar-refractivity contribution in [3.8, 4) is 11.5 Å². The molecule has 0 aliphatic rings. The van der Waals surface area contributed by atoms with Gasteiger partial charge in [0.25, 0.3) is 0 Å². The first kappa shape index (κ1) is 16.6. The van der Waals surface area contributed by atoms with E-state index >= 15 is 0 Å². The van der Waals surface area contributed by atoms with E-state index in [4.69, 9.17) is 9.47 Å². The van der Waals surface area contributed by atoms with Gasteiger partial charge in [0.1, 0.15) is 11.5 Å². The molecule has 0 atom stereocenters. The Morgan fingerprint density at radius 2 is 1.78 bits per heavy atom. The van der Waals surface area contributed by atoms with Crippen LogP contribution in [0.1, 0.15) is 25.0 Å². The van der Waals surface area contributed by atoms with Crippen LogP contribution in [0.15, 0.2) is 48.5 Å². The smallest absolute Gasteiger partial charge is 0.336 e. The molecule has 0 fully saturated rings. The van der Waals surface area contributed by atoms with Crippen LogP contribution in [0, 0.1) is 0 Å². The van der Waals surface area contributed by atoms with Gasteiger partial charge in [-0.25, -0.2) is 4.79 Å². The zero-order chi connectivity index (χ0) is 16.8. The van der Waals surface area contributed by atoms with Crippen LogP contribution in [0.3, 0.4) is 0 Å². The second kappa shape index (κ2) is 7.49. The number of carbonyl (C=O) groups is 1. The molecule has 0 spiro atoms. The van der Waals surface area contributed by atoms with Crippen LogP contribution in [-0.4, -0.2) is 24.3 Å². The first-order valence-corrected chi connectivity index (χ1v) is 7.35. The Balaban J connectivity index is 2.33. The summed E-state index contributed by atoms with van der Waals surface area (Å²) in [4.78, 5) is 11.6. The van der Waals surface area contributed by atoms with Crippen LogP contribution in [0.4, 0.5) is 0 Å². The Bertz CT molecular complexity index is 700. The molecule has 0 amide bonds. The summed E-state index contributed by atoms with van der Waals surface area (Å²) in [5, 5.41) is 9.49. The van der Waals surface area contributed by atoms with Crippen molar-refractivity contribution in [1.82, 2.24) is 0 Å². The molecule has 0 saturated heterocycles. The SMILES string of the molecule is COc1cccc(/C(=C/c2ccc(OC(C)C)cc2)C(=O)O)c1. The fraction of sp³-hybridized carbons (Fsp3) is 0.211. The second-order valence-electron chi connectivity index (χ2n) is 5.33. The Hall–Kier alpha value is -2.75. The molecule has 0 saturated carbocycles. The standard InChI is InChI=1S/C19H20O4/c1-13(2)23-16-9-7-14(8-10-16)11-18(19(20)21)15-5-4-6-17(12-15)22-3/h4-13H,1-3H3,(H,20,21)/b18-11-. The highest BCUT2D eigenvalue weighted by atomic mass is 16.5. The highest BCUT2D eigenvalue weighted by Gasteiger charge is 2.11.